The maximum atomic E-state index is 12.3. The van der Waals surface area contributed by atoms with E-state index in [0.717, 1.165) is 22.1 Å². The van der Waals surface area contributed by atoms with Crippen LogP contribution in [0.25, 0.3) is 11.0 Å². The Morgan fingerprint density at radius 3 is 2.62 bits per heavy atom. The third-order valence-electron chi connectivity index (χ3n) is 5.11. The number of hydrogen-bond acceptors (Lipinski definition) is 5. The second-order valence-electron chi connectivity index (χ2n) is 7.95. The number of carbonyl (C=O) groups is 3. The van der Waals surface area contributed by atoms with Gasteiger partial charge in [-0.25, -0.2) is 0 Å². The van der Waals surface area contributed by atoms with Gasteiger partial charge in [0.05, 0.1) is 12.7 Å². The van der Waals surface area contributed by atoms with E-state index >= 15 is 0 Å². The van der Waals surface area contributed by atoms with Crippen LogP contribution in [0.15, 0.2) is 47.1 Å². The Balaban J connectivity index is 1.58. The van der Waals surface area contributed by atoms with Crippen molar-refractivity contribution in [1.82, 2.24) is 5.32 Å². The number of rotatable bonds is 8. The lowest BCUT2D eigenvalue weighted by molar-refractivity contribution is -0.146. The molecule has 32 heavy (non-hydrogen) atoms. The molecule has 0 unspecified atom stereocenters. The van der Waals surface area contributed by atoms with Crippen LogP contribution in [0.2, 0.25) is 0 Å². The van der Waals surface area contributed by atoms with Crippen LogP contribution in [0.5, 0.6) is 0 Å². The number of furan rings is 1. The van der Waals surface area contributed by atoms with Crippen molar-refractivity contribution in [3.8, 4) is 0 Å². The fourth-order valence-corrected chi connectivity index (χ4v) is 3.55. The normalized spacial score (nSPS) is 10.9. The van der Waals surface area contributed by atoms with Crippen molar-refractivity contribution < 1.29 is 23.5 Å². The molecule has 0 spiro atoms. The number of aryl methyl sites for hydroxylation is 1. The third-order valence-corrected chi connectivity index (χ3v) is 5.11. The van der Waals surface area contributed by atoms with Gasteiger partial charge < -0.3 is 19.8 Å². The summed E-state index contributed by atoms with van der Waals surface area (Å²) in [4.78, 5) is 36.4. The van der Waals surface area contributed by atoms with Crippen molar-refractivity contribution in [1.29, 1.82) is 0 Å². The smallest absolute Gasteiger partial charge is 0.310 e. The van der Waals surface area contributed by atoms with Gasteiger partial charge >= 0.3 is 5.97 Å². The van der Waals surface area contributed by atoms with Crippen molar-refractivity contribution in [3.63, 3.8) is 0 Å². The van der Waals surface area contributed by atoms with E-state index in [1.165, 1.54) is 5.56 Å². The van der Waals surface area contributed by atoms with E-state index in [4.69, 9.17) is 9.15 Å². The van der Waals surface area contributed by atoms with Gasteiger partial charge in [-0.3, -0.25) is 14.4 Å². The molecule has 2 N–H and O–H groups in total. The number of benzene rings is 2. The van der Waals surface area contributed by atoms with Crippen LogP contribution in [0.1, 0.15) is 53.7 Å². The molecule has 0 radical (unpaired) electrons. The molecule has 2 aromatic carbocycles. The number of carbonyl (C=O) groups excluding carboxylic acids is 3. The number of amides is 2. The Morgan fingerprint density at radius 2 is 1.91 bits per heavy atom. The van der Waals surface area contributed by atoms with E-state index in [-0.39, 0.29) is 12.3 Å². The first-order valence-corrected chi connectivity index (χ1v) is 10.6. The molecular formula is C25H28N2O5. The Labute approximate surface area is 187 Å². The van der Waals surface area contributed by atoms with Crippen LogP contribution in [-0.2, 0) is 20.7 Å². The monoisotopic (exact) mass is 436 g/mol. The van der Waals surface area contributed by atoms with E-state index in [9.17, 15) is 14.4 Å². The second kappa shape index (κ2) is 10.1. The zero-order valence-corrected chi connectivity index (χ0v) is 18.8. The number of nitrogens with one attached hydrogen (secondary N) is 2. The largest absolute Gasteiger partial charge is 0.464 e. The minimum Gasteiger partial charge on any atom is -0.464 e. The maximum absolute atomic E-state index is 12.3. The second-order valence-corrected chi connectivity index (χ2v) is 7.95. The van der Waals surface area contributed by atoms with E-state index in [0.29, 0.717) is 23.7 Å². The highest BCUT2D eigenvalue weighted by molar-refractivity contribution is 5.97. The van der Waals surface area contributed by atoms with Gasteiger partial charge in [0.25, 0.3) is 11.8 Å². The summed E-state index contributed by atoms with van der Waals surface area (Å²) in [5, 5.41) is 6.21. The molecule has 1 aromatic heterocycles. The Hall–Kier alpha value is -3.61. The molecule has 0 bridgehead atoms. The first-order chi connectivity index (χ1) is 15.3. The number of esters is 1. The molecule has 0 aliphatic heterocycles. The summed E-state index contributed by atoms with van der Waals surface area (Å²) in [5.74, 6) is -0.880. The van der Waals surface area contributed by atoms with Crippen molar-refractivity contribution in [2.24, 2.45) is 0 Å². The molecule has 7 heteroatoms. The van der Waals surface area contributed by atoms with E-state index < -0.39 is 18.5 Å². The fourth-order valence-electron chi connectivity index (χ4n) is 3.55. The number of anilines is 1. The number of ether oxygens (including phenoxy) is 1. The van der Waals surface area contributed by atoms with Crippen LogP contribution in [-0.4, -0.2) is 30.9 Å². The molecule has 0 saturated heterocycles. The minimum atomic E-state index is -0.523. The maximum Gasteiger partial charge on any atom is 0.310 e. The van der Waals surface area contributed by atoms with Crippen LogP contribution in [0.3, 0.4) is 0 Å². The number of fused-ring (bicyclic) bond motifs is 1. The van der Waals surface area contributed by atoms with Gasteiger partial charge in [-0.05, 0) is 61.2 Å². The molecule has 3 aromatic rings. The highest BCUT2D eigenvalue weighted by Gasteiger charge is 2.16. The summed E-state index contributed by atoms with van der Waals surface area (Å²) >= 11 is 0. The molecule has 0 atom stereocenters. The van der Waals surface area contributed by atoms with Gasteiger partial charge in [-0.1, -0.05) is 19.9 Å². The molecule has 0 saturated carbocycles. The Bertz CT molecular complexity index is 1150. The Morgan fingerprint density at radius 1 is 1.12 bits per heavy atom. The molecule has 0 aliphatic rings. The molecule has 3 rings (SSSR count). The summed E-state index contributed by atoms with van der Waals surface area (Å²) in [7, 11) is 0. The lowest BCUT2D eigenvalue weighted by Gasteiger charge is -2.10. The van der Waals surface area contributed by atoms with Gasteiger partial charge in [-0.2, -0.15) is 0 Å². The predicted molar refractivity (Wildman–Crippen MR) is 123 cm³/mol. The number of hydrogen-bond donors (Lipinski definition) is 2. The summed E-state index contributed by atoms with van der Waals surface area (Å²) in [5.41, 5.74) is 4.67. The lowest BCUT2D eigenvalue weighted by Crippen LogP contribution is -2.24. The zero-order chi connectivity index (χ0) is 23.3. The highest BCUT2D eigenvalue weighted by atomic mass is 16.5. The first-order valence-electron chi connectivity index (χ1n) is 10.6. The van der Waals surface area contributed by atoms with Gasteiger partial charge in [0.15, 0.2) is 6.61 Å². The third kappa shape index (κ3) is 5.55. The average molecular weight is 437 g/mol. The lowest BCUT2D eigenvalue weighted by atomic mass is 9.95. The summed E-state index contributed by atoms with van der Waals surface area (Å²) < 4.78 is 10.7. The van der Waals surface area contributed by atoms with Crippen LogP contribution in [0, 0.1) is 6.92 Å². The van der Waals surface area contributed by atoms with Crippen molar-refractivity contribution >= 4 is 34.4 Å². The highest BCUT2D eigenvalue weighted by Crippen LogP contribution is 2.29. The summed E-state index contributed by atoms with van der Waals surface area (Å²) in [6, 6.07) is 10.6. The molecule has 0 aliphatic carbocycles. The molecule has 7 nitrogen and oxygen atoms in total. The van der Waals surface area contributed by atoms with Crippen LogP contribution >= 0.6 is 0 Å². The predicted octanol–water partition coefficient (Wildman–Crippen LogP) is 4.34. The molecule has 2 amide bonds. The average Bonchev–Trinajstić information content (AvgIpc) is 3.13. The van der Waals surface area contributed by atoms with Crippen molar-refractivity contribution in [2.45, 2.75) is 40.0 Å². The quantitative estimate of drug-likeness (QED) is 0.512. The molecule has 1 heterocycles. The van der Waals surface area contributed by atoms with Crippen LogP contribution < -0.4 is 10.6 Å². The Kier molecular flexibility index (Phi) is 7.30. The van der Waals surface area contributed by atoms with Gasteiger partial charge in [0.1, 0.15) is 5.58 Å². The first kappa shape index (κ1) is 23.1. The molecule has 168 valence electrons. The van der Waals surface area contributed by atoms with Crippen LogP contribution in [0.4, 0.5) is 5.69 Å². The minimum absolute atomic E-state index is 0.00749. The van der Waals surface area contributed by atoms with Crippen molar-refractivity contribution in [2.75, 3.05) is 18.5 Å². The SMILES string of the molecule is CCNC(=O)c1cccc(NC(=O)COC(=O)Cc2coc3cc(C)c(C(C)C)cc23)c1. The standard InChI is InChI=1S/C25H28N2O5/c1-5-26-25(30)17-7-6-8-19(10-17)27-23(28)14-32-24(29)11-18-13-31-22-9-16(4)20(15(2)3)12-21(18)22/h6-10,12-13,15H,5,11,14H2,1-4H3,(H,26,30)(H,27,28). The molecular weight excluding hydrogens is 408 g/mol. The van der Waals surface area contributed by atoms with Gasteiger partial charge in [-0.15, -0.1) is 0 Å². The van der Waals surface area contributed by atoms with Gasteiger partial charge in [0.2, 0.25) is 0 Å². The van der Waals surface area contributed by atoms with E-state index in [1.54, 1.807) is 30.5 Å². The molecule has 0 fully saturated rings. The van der Waals surface area contributed by atoms with Crippen molar-refractivity contribution in [3.05, 3.63) is 64.9 Å². The topological polar surface area (TPSA) is 97.6 Å². The summed E-state index contributed by atoms with van der Waals surface area (Å²) in [6.45, 7) is 8.19. The van der Waals surface area contributed by atoms with E-state index in [1.807, 2.05) is 19.9 Å². The summed E-state index contributed by atoms with van der Waals surface area (Å²) in [6.07, 6.45) is 1.57. The van der Waals surface area contributed by atoms with E-state index in [2.05, 4.69) is 30.5 Å². The zero-order valence-electron chi connectivity index (χ0n) is 18.8. The van der Waals surface area contributed by atoms with Gasteiger partial charge in [0, 0.05) is 28.7 Å². The fraction of sp³-hybridized carbons (Fsp3) is 0.320.